The summed E-state index contributed by atoms with van der Waals surface area (Å²) in [6, 6.07) is 11.6. The highest BCUT2D eigenvalue weighted by Crippen LogP contribution is 2.35. The number of piperazine rings is 2. The number of hydrogen-bond donors (Lipinski definition) is 0. The summed E-state index contributed by atoms with van der Waals surface area (Å²) >= 11 is 1.91. The van der Waals surface area contributed by atoms with Crippen molar-refractivity contribution in [3.05, 3.63) is 41.3 Å². The van der Waals surface area contributed by atoms with Crippen molar-refractivity contribution in [2.75, 3.05) is 71.4 Å². The lowest BCUT2D eigenvalue weighted by Gasteiger charge is -2.34. The Labute approximate surface area is 206 Å². The van der Waals surface area contributed by atoms with E-state index in [4.69, 9.17) is 4.98 Å². The summed E-state index contributed by atoms with van der Waals surface area (Å²) in [5, 5.41) is 1.34. The van der Waals surface area contributed by atoms with Crippen LogP contribution in [0.1, 0.15) is 18.9 Å². The molecule has 0 N–H and O–H groups in total. The van der Waals surface area contributed by atoms with Crippen LogP contribution in [0, 0.1) is 0 Å². The molecule has 172 valence electrons. The maximum atomic E-state index is 5.15. The molecule has 1 aromatic carbocycles. The van der Waals surface area contributed by atoms with E-state index in [-0.39, 0.29) is 17.0 Å². The lowest BCUT2D eigenvalue weighted by molar-refractivity contribution is -0.00000633. The second-order valence-electron chi connectivity index (χ2n) is 9.15. The third-order valence-corrected chi connectivity index (χ3v) is 7.87. The van der Waals surface area contributed by atoms with Gasteiger partial charge in [-0.25, -0.2) is 9.56 Å². The van der Waals surface area contributed by atoms with Gasteiger partial charge in [-0.05, 0) is 44.3 Å². The van der Waals surface area contributed by atoms with Gasteiger partial charge in [-0.3, -0.25) is 4.90 Å². The van der Waals surface area contributed by atoms with Crippen LogP contribution in [0.2, 0.25) is 0 Å². The Balaban J connectivity index is 0.00000245. The fraction of sp³-hybridized carbons (Fsp3) is 0.520. The van der Waals surface area contributed by atoms with Gasteiger partial charge < -0.3 is 26.8 Å². The first-order chi connectivity index (χ1) is 15.1. The summed E-state index contributed by atoms with van der Waals surface area (Å²) in [6.07, 6.45) is 2.23. The van der Waals surface area contributed by atoms with E-state index in [0.29, 0.717) is 0 Å². The molecule has 0 atom stereocenters. The third-order valence-electron chi connectivity index (χ3n) is 6.79. The van der Waals surface area contributed by atoms with Crippen LogP contribution in [0.25, 0.3) is 20.8 Å². The minimum Gasteiger partial charge on any atom is -1.00 e. The average Bonchev–Trinajstić information content (AvgIpc) is 2.78. The van der Waals surface area contributed by atoms with Gasteiger partial charge in [-0.2, -0.15) is 0 Å². The van der Waals surface area contributed by atoms with E-state index in [2.05, 4.69) is 70.6 Å². The largest absolute Gasteiger partial charge is 1.00 e. The van der Waals surface area contributed by atoms with E-state index >= 15 is 0 Å². The summed E-state index contributed by atoms with van der Waals surface area (Å²) in [5.41, 5.74) is 5.09. The molecule has 1 aliphatic carbocycles. The molecule has 3 aliphatic heterocycles. The zero-order valence-corrected chi connectivity index (χ0v) is 21.9. The second-order valence-corrected chi connectivity index (χ2v) is 10.2. The summed E-state index contributed by atoms with van der Waals surface area (Å²) in [6.45, 7) is 11.2. The van der Waals surface area contributed by atoms with E-state index in [9.17, 15) is 0 Å². The molecule has 7 heteroatoms. The number of hydrogen-bond acceptors (Lipinski definition) is 5. The number of anilines is 1. The first-order valence-corrected chi connectivity index (χ1v) is 12.5. The molecule has 2 fully saturated rings. The Hall–Kier alpha value is -1.54. The van der Waals surface area contributed by atoms with Gasteiger partial charge in [0, 0.05) is 44.0 Å². The molecule has 0 unspecified atom stereocenters. The van der Waals surface area contributed by atoms with E-state index in [1.165, 1.54) is 31.7 Å². The van der Waals surface area contributed by atoms with E-state index in [0.717, 1.165) is 70.9 Å². The van der Waals surface area contributed by atoms with E-state index in [1.54, 1.807) is 0 Å². The monoisotopic (exact) mass is 515 g/mol. The number of rotatable bonds is 3. The van der Waals surface area contributed by atoms with Crippen molar-refractivity contribution in [3.63, 3.8) is 0 Å². The summed E-state index contributed by atoms with van der Waals surface area (Å²) < 4.78 is 3.84. The Morgan fingerprint density at radius 3 is 2.38 bits per heavy atom. The number of benzene rings is 2. The van der Waals surface area contributed by atoms with E-state index in [1.807, 2.05) is 11.3 Å². The SMILES string of the molecule is CCCc1cc(N2CCN(C)CC2)cc2sc3cc(=[N+]4CCN(C)CC4)ccc-3nc12.[Br-]. The smallest absolute Gasteiger partial charge is 0.201 e. The van der Waals surface area contributed by atoms with Crippen LogP contribution in [-0.2, 0) is 6.42 Å². The van der Waals surface area contributed by atoms with Gasteiger partial charge >= 0.3 is 0 Å². The zero-order chi connectivity index (χ0) is 21.4. The standard InChI is InChI=1S/C25H34N5S.BrH/c1-4-5-19-16-21(30-14-10-28(3)11-15-30)18-24-25(19)26-22-7-6-20(17-23(22)31-24)29-12-8-27(2)9-13-29;/h6-7,16-18H,4-5,8-15H2,1-3H3;1H/q+1;/p-1. The maximum absolute atomic E-state index is 5.15. The molecule has 2 saturated heterocycles. The molecule has 0 saturated carbocycles. The van der Waals surface area contributed by atoms with Crippen molar-refractivity contribution in [3.8, 4) is 10.6 Å². The van der Waals surface area contributed by atoms with Gasteiger partial charge in [0.15, 0.2) is 13.1 Å². The highest BCUT2D eigenvalue weighted by molar-refractivity contribution is 7.21. The molecule has 0 aromatic heterocycles. The van der Waals surface area contributed by atoms with Crippen LogP contribution in [0.4, 0.5) is 5.69 Å². The highest BCUT2D eigenvalue weighted by atomic mass is 79.9. The quantitative estimate of drug-likeness (QED) is 0.357. The lowest BCUT2D eigenvalue weighted by atomic mass is 10.1. The summed E-state index contributed by atoms with van der Waals surface area (Å²) in [7, 11) is 4.43. The molecule has 5 rings (SSSR count). The molecule has 0 radical (unpaired) electrons. The van der Waals surface area contributed by atoms with Crippen molar-refractivity contribution in [2.45, 2.75) is 19.8 Å². The first-order valence-electron chi connectivity index (χ1n) is 11.7. The highest BCUT2D eigenvalue weighted by Gasteiger charge is 2.19. The number of nitrogens with zero attached hydrogens (tertiary/aromatic N) is 5. The van der Waals surface area contributed by atoms with Crippen molar-refractivity contribution in [1.29, 1.82) is 0 Å². The van der Waals surface area contributed by atoms with E-state index < -0.39 is 0 Å². The Morgan fingerprint density at radius 1 is 0.938 bits per heavy atom. The minimum atomic E-state index is 0. The predicted molar refractivity (Wildman–Crippen MR) is 132 cm³/mol. The summed E-state index contributed by atoms with van der Waals surface area (Å²) in [5.74, 6) is 0. The van der Waals surface area contributed by atoms with Gasteiger partial charge in [-0.1, -0.05) is 13.3 Å². The van der Waals surface area contributed by atoms with Crippen molar-refractivity contribution in [1.82, 2.24) is 19.4 Å². The number of fused-ring (bicyclic) bond motifs is 2. The third kappa shape index (κ3) is 4.86. The van der Waals surface area contributed by atoms with Crippen LogP contribution in [0.5, 0.6) is 0 Å². The molecule has 0 spiro atoms. The minimum absolute atomic E-state index is 0. The number of halogens is 1. The van der Waals surface area contributed by atoms with Crippen molar-refractivity contribution < 1.29 is 17.0 Å². The molecule has 32 heavy (non-hydrogen) atoms. The Kier molecular flexibility index (Phi) is 7.50. The average molecular weight is 517 g/mol. The number of aryl methyl sites for hydroxylation is 1. The van der Waals surface area contributed by atoms with Gasteiger partial charge in [0.05, 0.1) is 33.9 Å². The molecule has 5 nitrogen and oxygen atoms in total. The fourth-order valence-corrected chi connectivity index (χ4v) is 5.83. The summed E-state index contributed by atoms with van der Waals surface area (Å²) in [4.78, 5) is 13.8. The Morgan fingerprint density at radius 2 is 1.66 bits per heavy atom. The lowest BCUT2D eigenvalue weighted by Crippen LogP contribution is -3.00. The number of aromatic nitrogens is 1. The second kappa shape index (κ2) is 10.2. The maximum Gasteiger partial charge on any atom is 0.201 e. The normalized spacial score (nSPS) is 18.3. The fourth-order valence-electron chi connectivity index (χ4n) is 4.74. The predicted octanol–water partition coefficient (Wildman–Crippen LogP) is -0.173. The Bertz CT molecular complexity index is 1110. The van der Waals surface area contributed by atoms with Gasteiger partial charge in [0.25, 0.3) is 0 Å². The first kappa shape index (κ1) is 23.6. The number of likely N-dealkylation sites (N-methyl/N-ethyl adjacent to an activating group) is 2. The van der Waals surface area contributed by atoms with Crippen LogP contribution in [0.3, 0.4) is 0 Å². The van der Waals surface area contributed by atoms with Crippen molar-refractivity contribution in [2.24, 2.45) is 0 Å². The van der Waals surface area contributed by atoms with Crippen LogP contribution in [-0.4, -0.2) is 81.2 Å². The molecule has 4 aliphatic rings. The van der Waals surface area contributed by atoms with Crippen LogP contribution in [0.15, 0.2) is 30.3 Å². The van der Waals surface area contributed by atoms with Gasteiger partial charge in [0.1, 0.15) is 0 Å². The molecule has 3 heterocycles. The molecule has 0 amide bonds. The molecule has 0 bridgehead atoms. The topological polar surface area (TPSA) is 25.6 Å². The van der Waals surface area contributed by atoms with Gasteiger partial charge in [-0.15, -0.1) is 11.3 Å². The zero-order valence-electron chi connectivity index (χ0n) is 19.5. The van der Waals surface area contributed by atoms with Crippen LogP contribution < -0.4 is 31.8 Å². The molecular formula is C25H34BrN5S. The van der Waals surface area contributed by atoms with Crippen molar-refractivity contribution >= 4 is 27.2 Å². The van der Waals surface area contributed by atoms with Crippen LogP contribution >= 0.6 is 11.3 Å². The molecular weight excluding hydrogens is 482 g/mol. The molecule has 1 aromatic rings. The van der Waals surface area contributed by atoms with Gasteiger partial charge in [0.2, 0.25) is 5.36 Å².